The Morgan fingerprint density at radius 2 is 1.75 bits per heavy atom. The van der Waals surface area contributed by atoms with Crippen LogP contribution in [0.25, 0.3) is 22.1 Å². The molecule has 1 heterocycles. The smallest absolute Gasteiger partial charge is 0.338 e. The van der Waals surface area contributed by atoms with Gasteiger partial charge in [0, 0.05) is 5.56 Å². The summed E-state index contributed by atoms with van der Waals surface area (Å²) in [6.07, 6.45) is 1.69. The summed E-state index contributed by atoms with van der Waals surface area (Å²) in [5.74, 6) is 0.563. The molecule has 0 spiro atoms. The van der Waals surface area contributed by atoms with Crippen LogP contribution in [0.15, 0.2) is 88.4 Å². The van der Waals surface area contributed by atoms with Crippen molar-refractivity contribution in [3.8, 4) is 11.3 Å². The molecule has 4 aromatic rings. The number of hydrazone groups is 1. The molecule has 160 valence electrons. The van der Waals surface area contributed by atoms with Gasteiger partial charge in [-0.2, -0.15) is 5.10 Å². The quantitative estimate of drug-likeness (QED) is 0.257. The molecule has 1 N–H and O–H groups in total. The topological polar surface area (TPSA) is 80.9 Å². The minimum Gasteiger partial charge on any atom is -0.462 e. The zero-order valence-corrected chi connectivity index (χ0v) is 17.6. The van der Waals surface area contributed by atoms with Crippen molar-refractivity contribution in [2.75, 3.05) is 6.61 Å². The van der Waals surface area contributed by atoms with Crippen LogP contribution in [0, 0.1) is 0 Å². The minimum atomic E-state index is -0.356. The number of hydrogen-bond acceptors (Lipinski definition) is 5. The molecular formula is C26H22N2O4. The second-order valence-corrected chi connectivity index (χ2v) is 7.11. The van der Waals surface area contributed by atoms with Gasteiger partial charge in [0.1, 0.15) is 11.5 Å². The Balaban J connectivity index is 1.36. The molecule has 0 saturated heterocycles. The van der Waals surface area contributed by atoms with Crippen molar-refractivity contribution in [1.29, 1.82) is 0 Å². The third-order valence-corrected chi connectivity index (χ3v) is 4.92. The summed E-state index contributed by atoms with van der Waals surface area (Å²) in [6.45, 7) is 2.10. The number of carbonyl (C=O) groups is 2. The van der Waals surface area contributed by atoms with Crippen LogP contribution in [0.1, 0.15) is 28.6 Å². The minimum absolute atomic E-state index is 0.209. The highest BCUT2D eigenvalue weighted by atomic mass is 16.5. The lowest BCUT2D eigenvalue weighted by Crippen LogP contribution is -2.19. The second-order valence-electron chi connectivity index (χ2n) is 7.11. The summed E-state index contributed by atoms with van der Waals surface area (Å²) in [7, 11) is 0. The molecule has 3 aromatic carbocycles. The van der Waals surface area contributed by atoms with Crippen molar-refractivity contribution in [3.05, 3.63) is 95.7 Å². The number of rotatable bonds is 7. The zero-order chi connectivity index (χ0) is 22.3. The number of furan rings is 1. The van der Waals surface area contributed by atoms with Crippen molar-refractivity contribution in [3.63, 3.8) is 0 Å². The van der Waals surface area contributed by atoms with Gasteiger partial charge in [0.05, 0.1) is 24.8 Å². The van der Waals surface area contributed by atoms with Crippen LogP contribution in [-0.4, -0.2) is 24.7 Å². The van der Waals surface area contributed by atoms with E-state index in [1.807, 2.05) is 42.5 Å². The predicted molar refractivity (Wildman–Crippen MR) is 123 cm³/mol. The van der Waals surface area contributed by atoms with E-state index in [9.17, 15) is 9.59 Å². The van der Waals surface area contributed by atoms with E-state index in [0.29, 0.717) is 23.7 Å². The fourth-order valence-corrected chi connectivity index (χ4v) is 3.39. The van der Waals surface area contributed by atoms with Crippen molar-refractivity contribution < 1.29 is 18.7 Å². The normalized spacial score (nSPS) is 11.0. The number of amides is 1. The number of nitrogens with one attached hydrogen (secondary N) is 1. The first-order valence-corrected chi connectivity index (χ1v) is 10.3. The third kappa shape index (κ3) is 4.92. The van der Waals surface area contributed by atoms with Crippen molar-refractivity contribution >= 4 is 28.9 Å². The zero-order valence-electron chi connectivity index (χ0n) is 17.6. The molecule has 0 bridgehead atoms. The van der Waals surface area contributed by atoms with E-state index in [-0.39, 0.29) is 18.3 Å². The van der Waals surface area contributed by atoms with Crippen LogP contribution in [0.5, 0.6) is 0 Å². The summed E-state index contributed by atoms with van der Waals surface area (Å²) in [4.78, 5) is 24.1. The predicted octanol–water partition coefficient (Wildman–Crippen LogP) is 4.97. The number of ether oxygens (including phenoxy) is 1. The maximum atomic E-state index is 12.3. The Bertz CT molecular complexity index is 1270. The molecule has 0 aliphatic rings. The summed E-state index contributed by atoms with van der Waals surface area (Å²) >= 11 is 0. The maximum absolute atomic E-state index is 12.3. The van der Waals surface area contributed by atoms with E-state index in [2.05, 4.69) is 10.5 Å². The average molecular weight is 426 g/mol. The summed E-state index contributed by atoms with van der Waals surface area (Å²) < 4.78 is 10.7. The number of nitrogens with zero attached hydrogens (tertiary/aromatic N) is 1. The van der Waals surface area contributed by atoms with E-state index in [1.54, 1.807) is 43.3 Å². The van der Waals surface area contributed by atoms with Crippen LogP contribution in [-0.2, 0) is 16.0 Å². The molecule has 0 atom stereocenters. The summed E-state index contributed by atoms with van der Waals surface area (Å²) in [6, 6.07) is 24.4. The van der Waals surface area contributed by atoms with Crippen molar-refractivity contribution in [2.45, 2.75) is 13.3 Å². The molecule has 6 heteroatoms. The molecule has 0 saturated carbocycles. The number of carbonyl (C=O) groups excluding carboxylic acids is 2. The Labute approximate surface area is 185 Å². The average Bonchev–Trinajstić information content (AvgIpc) is 3.28. The Morgan fingerprint density at radius 1 is 0.969 bits per heavy atom. The van der Waals surface area contributed by atoms with E-state index < -0.39 is 0 Å². The lowest BCUT2D eigenvalue weighted by atomic mass is 10.0. The molecule has 0 aliphatic heterocycles. The van der Waals surface area contributed by atoms with Crippen LogP contribution in [0.2, 0.25) is 0 Å². The molecule has 0 fully saturated rings. The SMILES string of the molecule is CCOC(=O)c1ccc(-c2ccc(/C=N/NC(=O)Cc3cccc4ccccc34)o2)cc1. The number of hydrogen-bond donors (Lipinski definition) is 1. The van der Waals surface area contributed by atoms with Gasteiger partial charge in [0.15, 0.2) is 0 Å². The fourth-order valence-electron chi connectivity index (χ4n) is 3.39. The third-order valence-electron chi connectivity index (χ3n) is 4.92. The number of esters is 1. The highest BCUT2D eigenvalue weighted by Gasteiger charge is 2.09. The second kappa shape index (κ2) is 9.75. The van der Waals surface area contributed by atoms with E-state index in [4.69, 9.17) is 9.15 Å². The maximum Gasteiger partial charge on any atom is 0.338 e. The van der Waals surface area contributed by atoms with Crippen LogP contribution in [0.3, 0.4) is 0 Å². The molecular weight excluding hydrogens is 404 g/mol. The lowest BCUT2D eigenvalue weighted by molar-refractivity contribution is -0.120. The number of benzene rings is 3. The highest BCUT2D eigenvalue weighted by molar-refractivity contribution is 5.91. The Morgan fingerprint density at radius 3 is 2.56 bits per heavy atom. The Hall–Kier alpha value is -4.19. The molecule has 0 unspecified atom stereocenters. The van der Waals surface area contributed by atoms with Gasteiger partial charge < -0.3 is 9.15 Å². The lowest BCUT2D eigenvalue weighted by Gasteiger charge is -2.05. The molecule has 6 nitrogen and oxygen atoms in total. The van der Waals surface area contributed by atoms with Gasteiger partial charge in [-0.1, -0.05) is 54.6 Å². The van der Waals surface area contributed by atoms with Gasteiger partial charge in [0.25, 0.3) is 0 Å². The largest absolute Gasteiger partial charge is 0.462 e. The van der Waals surface area contributed by atoms with E-state index in [1.165, 1.54) is 6.21 Å². The summed E-state index contributed by atoms with van der Waals surface area (Å²) in [5.41, 5.74) is 4.79. The first-order chi connectivity index (χ1) is 15.6. The standard InChI is InChI=1S/C26H22N2O4/c1-2-31-26(30)20-12-10-19(11-13-20)24-15-14-22(32-24)17-27-28-25(29)16-21-8-5-7-18-6-3-4-9-23(18)21/h3-15,17H,2,16H2,1H3,(H,28,29)/b27-17+. The Kier molecular flexibility index (Phi) is 6.41. The first kappa shape index (κ1) is 21.1. The van der Waals surface area contributed by atoms with Gasteiger partial charge in [-0.3, -0.25) is 4.79 Å². The molecule has 1 aromatic heterocycles. The van der Waals surface area contributed by atoms with E-state index in [0.717, 1.165) is 21.9 Å². The highest BCUT2D eigenvalue weighted by Crippen LogP contribution is 2.22. The van der Waals surface area contributed by atoms with Crippen LogP contribution in [0.4, 0.5) is 0 Å². The van der Waals surface area contributed by atoms with Gasteiger partial charge in [-0.05, 0) is 47.5 Å². The molecule has 4 rings (SSSR count). The number of fused-ring (bicyclic) bond motifs is 1. The van der Waals surface area contributed by atoms with Crippen LogP contribution < -0.4 is 5.43 Å². The molecule has 32 heavy (non-hydrogen) atoms. The molecule has 0 radical (unpaired) electrons. The molecule has 0 aliphatic carbocycles. The van der Waals surface area contributed by atoms with Crippen molar-refractivity contribution in [2.24, 2.45) is 5.10 Å². The fraction of sp³-hybridized carbons (Fsp3) is 0.115. The first-order valence-electron chi connectivity index (χ1n) is 10.3. The van der Waals surface area contributed by atoms with Gasteiger partial charge >= 0.3 is 5.97 Å². The van der Waals surface area contributed by atoms with Crippen molar-refractivity contribution in [1.82, 2.24) is 5.43 Å². The van der Waals surface area contributed by atoms with Gasteiger partial charge in [0.2, 0.25) is 5.91 Å². The van der Waals surface area contributed by atoms with Crippen LogP contribution >= 0.6 is 0 Å². The molecule has 1 amide bonds. The summed E-state index contributed by atoms with van der Waals surface area (Å²) in [5, 5.41) is 6.15. The van der Waals surface area contributed by atoms with Gasteiger partial charge in [-0.25, -0.2) is 10.2 Å². The van der Waals surface area contributed by atoms with Gasteiger partial charge in [-0.15, -0.1) is 0 Å². The monoisotopic (exact) mass is 426 g/mol. The van der Waals surface area contributed by atoms with E-state index >= 15 is 0 Å².